The van der Waals surface area contributed by atoms with Crippen molar-refractivity contribution in [3.8, 4) is 0 Å². The van der Waals surface area contributed by atoms with E-state index in [-0.39, 0.29) is 34.0 Å². The van der Waals surface area contributed by atoms with Crippen molar-refractivity contribution in [3.05, 3.63) is 52.4 Å². The van der Waals surface area contributed by atoms with Crippen molar-refractivity contribution >= 4 is 27.1 Å². The number of halogens is 3. The maximum Gasteiger partial charge on any atom is 0.398 e. The molecule has 26 heavy (non-hydrogen) atoms. The fourth-order valence-electron chi connectivity index (χ4n) is 2.71. The summed E-state index contributed by atoms with van der Waals surface area (Å²) in [5, 5.41) is 2.64. The lowest BCUT2D eigenvalue weighted by atomic mass is 9.94. The second-order valence-electron chi connectivity index (χ2n) is 6.35. The monoisotopic (exact) mass is 403 g/mol. The number of amides is 1. The van der Waals surface area contributed by atoms with Crippen molar-refractivity contribution in [1.29, 1.82) is 0 Å². The standard InChI is InChI=1S/C17H16F3NO3S2/c1-26(23,24)14-7-6-13(25-14)15(22)21-10-11-2-4-12(5-3-11)16(8-9-16)17(18,19)20/h2-7H,8-10H2,1H3,(H,21,22). The zero-order chi connectivity index (χ0) is 19.2. The Kier molecular flexibility index (Phi) is 4.64. The van der Waals surface area contributed by atoms with Gasteiger partial charge in [0.25, 0.3) is 5.91 Å². The van der Waals surface area contributed by atoms with Gasteiger partial charge in [-0.25, -0.2) is 8.42 Å². The molecule has 2 aromatic rings. The molecular formula is C17H16F3NO3S2. The van der Waals surface area contributed by atoms with E-state index in [1.807, 2.05) is 0 Å². The van der Waals surface area contributed by atoms with Gasteiger partial charge in [-0.1, -0.05) is 24.3 Å². The number of alkyl halides is 3. The van der Waals surface area contributed by atoms with Crippen molar-refractivity contribution in [2.45, 2.75) is 35.2 Å². The molecule has 4 nitrogen and oxygen atoms in total. The van der Waals surface area contributed by atoms with Crippen LogP contribution in [0.4, 0.5) is 13.2 Å². The maximum absolute atomic E-state index is 13.1. The molecule has 140 valence electrons. The molecule has 0 atom stereocenters. The Morgan fingerprint density at radius 1 is 1.15 bits per heavy atom. The maximum atomic E-state index is 13.1. The Labute approximate surface area is 153 Å². The first kappa shape index (κ1) is 18.9. The number of carbonyl (C=O) groups is 1. The third-order valence-corrected chi connectivity index (χ3v) is 7.33. The molecule has 1 saturated carbocycles. The number of thiophene rings is 1. The molecule has 1 aromatic carbocycles. The van der Waals surface area contributed by atoms with Crippen LogP contribution in [-0.2, 0) is 21.8 Å². The molecule has 0 spiro atoms. The molecule has 1 aliphatic carbocycles. The molecular weight excluding hydrogens is 387 g/mol. The van der Waals surface area contributed by atoms with Gasteiger partial charge in [0.05, 0.1) is 10.3 Å². The second kappa shape index (κ2) is 6.38. The highest BCUT2D eigenvalue weighted by Gasteiger charge is 2.64. The van der Waals surface area contributed by atoms with Crippen LogP contribution in [0.25, 0.3) is 0 Å². The Bertz CT molecular complexity index is 927. The van der Waals surface area contributed by atoms with E-state index in [1.54, 1.807) is 12.1 Å². The number of hydrogen-bond donors (Lipinski definition) is 1. The molecule has 1 amide bonds. The van der Waals surface area contributed by atoms with Crippen molar-refractivity contribution < 1.29 is 26.4 Å². The average Bonchev–Trinajstić information content (AvgIpc) is 3.22. The average molecular weight is 403 g/mol. The van der Waals surface area contributed by atoms with E-state index in [0.29, 0.717) is 5.56 Å². The fourth-order valence-corrected chi connectivity index (χ4v) is 4.56. The van der Waals surface area contributed by atoms with Crippen LogP contribution in [0.1, 0.15) is 33.6 Å². The summed E-state index contributed by atoms with van der Waals surface area (Å²) in [5.74, 6) is -0.428. The molecule has 9 heteroatoms. The minimum Gasteiger partial charge on any atom is -0.347 e. The van der Waals surface area contributed by atoms with Gasteiger partial charge in [-0.05, 0) is 36.1 Å². The van der Waals surface area contributed by atoms with Crippen LogP contribution < -0.4 is 5.32 Å². The molecule has 1 fully saturated rings. The number of nitrogens with one attached hydrogen (secondary N) is 1. The Hall–Kier alpha value is -1.87. The van der Waals surface area contributed by atoms with E-state index in [2.05, 4.69) is 5.32 Å². The molecule has 0 saturated heterocycles. The summed E-state index contributed by atoms with van der Waals surface area (Å²) in [6, 6.07) is 8.84. The van der Waals surface area contributed by atoms with Gasteiger partial charge in [-0.3, -0.25) is 4.79 Å². The lowest BCUT2D eigenvalue weighted by Gasteiger charge is -2.19. The predicted octanol–water partition coefficient (Wildman–Crippen LogP) is 3.68. The lowest BCUT2D eigenvalue weighted by Crippen LogP contribution is -2.28. The van der Waals surface area contributed by atoms with Gasteiger partial charge in [-0.2, -0.15) is 13.2 Å². The van der Waals surface area contributed by atoms with Crippen molar-refractivity contribution in [1.82, 2.24) is 5.32 Å². The summed E-state index contributed by atoms with van der Waals surface area (Å²) < 4.78 is 62.3. The van der Waals surface area contributed by atoms with Crippen LogP contribution >= 0.6 is 11.3 Å². The summed E-state index contributed by atoms with van der Waals surface area (Å²) in [5.41, 5.74) is -0.801. The Morgan fingerprint density at radius 3 is 2.23 bits per heavy atom. The summed E-state index contributed by atoms with van der Waals surface area (Å²) in [4.78, 5) is 12.3. The first-order valence-electron chi connectivity index (χ1n) is 7.77. The third kappa shape index (κ3) is 3.64. The van der Waals surface area contributed by atoms with E-state index >= 15 is 0 Å². The Balaban J connectivity index is 1.64. The number of rotatable bonds is 5. The van der Waals surface area contributed by atoms with Crippen molar-refractivity contribution in [2.75, 3.05) is 6.26 Å². The molecule has 0 aliphatic heterocycles. The van der Waals surface area contributed by atoms with E-state index in [4.69, 9.17) is 0 Å². The SMILES string of the molecule is CS(=O)(=O)c1ccc(C(=O)NCc2ccc(C3(C(F)(F)F)CC3)cc2)s1. The molecule has 3 rings (SSSR count). The summed E-state index contributed by atoms with van der Waals surface area (Å²) >= 11 is 0.875. The van der Waals surface area contributed by atoms with E-state index in [0.717, 1.165) is 17.6 Å². The van der Waals surface area contributed by atoms with Crippen LogP contribution in [0, 0.1) is 0 Å². The van der Waals surface area contributed by atoms with E-state index in [1.165, 1.54) is 24.3 Å². The molecule has 1 aliphatic rings. The lowest BCUT2D eigenvalue weighted by molar-refractivity contribution is -0.160. The van der Waals surface area contributed by atoms with Crippen LogP contribution in [0.15, 0.2) is 40.6 Å². The quantitative estimate of drug-likeness (QED) is 0.829. The highest BCUT2D eigenvalue weighted by Crippen LogP contribution is 2.58. The fraction of sp³-hybridized carbons (Fsp3) is 0.353. The number of benzene rings is 1. The minimum atomic E-state index is -4.25. The first-order valence-corrected chi connectivity index (χ1v) is 10.5. The predicted molar refractivity (Wildman–Crippen MR) is 92.0 cm³/mol. The Morgan fingerprint density at radius 2 is 1.77 bits per heavy atom. The van der Waals surface area contributed by atoms with E-state index < -0.39 is 27.3 Å². The minimum absolute atomic E-state index is 0.105. The van der Waals surface area contributed by atoms with Crippen LogP contribution in [-0.4, -0.2) is 26.8 Å². The van der Waals surface area contributed by atoms with Gasteiger partial charge in [0.15, 0.2) is 9.84 Å². The number of sulfone groups is 1. The van der Waals surface area contributed by atoms with Gasteiger partial charge >= 0.3 is 6.18 Å². The smallest absolute Gasteiger partial charge is 0.347 e. The molecule has 1 N–H and O–H groups in total. The summed E-state index contributed by atoms with van der Waals surface area (Å²) in [7, 11) is -3.36. The summed E-state index contributed by atoms with van der Waals surface area (Å²) in [6.07, 6.45) is -2.98. The molecule has 0 radical (unpaired) electrons. The van der Waals surface area contributed by atoms with Crippen LogP contribution in [0.5, 0.6) is 0 Å². The van der Waals surface area contributed by atoms with Gasteiger partial charge in [0.1, 0.15) is 4.21 Å². The molecule has 1 aromatic heterocycles. The van der Waals surface area contributed by atoms with Gasteiger partial charge in [-0.15, -0.1) is 11.3 Å². The largest absolute Gasteiger partial charge is 0.398 e. The normalized spacial score (nSPS) is 16.3. The topological polar surface area (TPSA) is 63.2 Å². The van der Waals surface area contributed by atoms with Crippen molar-refractivity contribution in [2.24, 2.45) is 0 Å². The van der Waals surface area contributed by atoms with Gasteiger partial charge in [0, 0.05) is 12.8 Å². The second-order valence-corrected chi connectivity index (χ2v) is 9.68. The first-order chi connectivity index (χ1) is 12.0. The highest BCUT2D eigenvalue weighted by atomic mass is 32.2. The van der Waals surface area contributed by atoms with Crippen LogP contribution in [0.3, 0.4) is 0 Å². The molecule has 1 heterocycles. The van der Waals surface area contributed by atoms with E-state index in [9.17, 15) is 26.4 Å². The van der Waals surface area contributed by atoms with Crippen molar-refractivity contribution in [3.63, 3.8) is 0 Å². The van der Waals surface area contributed by atoms with Gasteiger partial charge < -0.3 is 5.32 Å². The van der Waals surface area contributed by atoms with Crippen LogP contribution in [0.2, 0.25) is 0 Å². The molecule has 0 bridgehead atoms. The zero-order valence-corrected chi connectivity index (χ0v) is 15.4. The summed E-state index contributed by atoms with van der Waals surface area (Å²) in [6.45, 7) is 0.143. The zero-order valence-electron chi connectivity index (χ0n) is 13.8. The highest BCUT2D eigenvalue weighted by molar-refractivity contribution is 7.92. The van der Waals surface area contributed by atoms with Gasteiger partial charge in [0.2, 0.25) is 0 Å². The number of hydrogen-bond acceptors (Lipinski definition) is 4. The number of carbonyl (C=O) groups excluding carboxylic acids is 1. The molecule has 0 unspecified atom stereocenters. The third-order valence-electron chi connectivity index (χ3n) is 4.42.